The van der Waals surface area contributed by atoms with E-state index in [9.17, 15) is 9.59 Å². The molecule has 0 aliphatic carbocycles. The van der Waals surface area contributed by atoms with Crippen LogP contribution in [0.25, 0.3) is 0 Å². The Morgan fingerprint density at radius 2 is 1.71 bits per heavy atom. The molecule has 0 atom stereocenters. The summed E-state index contributed by atoms with van der Waals surface area (Å²) >= 11 is 0. The number of ketones is 1. The Kier molecular flexibility index (Phi) is 6.13. The summed E-state index contributed by atoms with van der Waals surface area (Å²) in [4.78, 5) is 22.6. The van der Waals surface area contributed by atoms with Gasteiger partial charge in [-0.3, -0.25) is 9.59 Å². The molecule has 2 rings (SSSR count). The number of carboxylic acid groups (broad SMARTS) is 1. The van der Waals surface area contributed by atoms with Gasteiger partial charge in [0, 0.05) is 18.4 Å². The molecule has 1 N–H and O–H groups in total. The van der Waals surface area contributed by atoms with Crippen molar-refractivity contribution in [3.63, 3.8) is 0 Å². The second-order valence-electron chi connectivity index (χ2n) is 5.93. The second-order valence-corrected chi connectivity index (χ2v) is 5.93. The highest BCUT2D eigenvalue weighted by Crippen LogP contribution is 2.21. The van der Waals surface area contributed by atoms with E-state index in [1.807, 2.05) is 38.1 Å². The topological polar surface area (TPSA) is 63.6 Å². The first-order valence-electron chi connectivity index (χ1n) is 7.99. The molecule has 126 valence electrons. The van der Waals surface area contributed by atoms with Crippen LogP contribution in [0, 0.1) is 13.8 Å². The number of aliphatic carboxylic acids is 1. The number of hydrogen-bond donors (Lipinski definition) is 1. The molecule has 0 heterocycles. The van der Waals surface area contributed by atoms with Crippen LogP contribution >= 0.6 is 0 Å². The van der Waals surface area contributed by atoms with Gasteiger partial charge in [-0.2, -0.15) is 0 Å². The number of Topliss-reactive ketones (excluding diaryl/α,β-unsaturated/α-hetero) is 1. The maximum absolute atomic E-state index is 12.1. The summed E-state index contributed by atoms with van der Waals surface area (Å²) in [6, 6.07) is 13.5. The molecule has 0 fully saturated rings. The maximum atomic E-state index is 12.1. The first kappa shape index (κ1) is 17.7. The molecule has 24 heavy (non-hydrogen) atoms. The lowest BCUT2D eigenvalue weighted by Gasteiger charge is -2.11. The van der Waals surface area contributed by atoms with Crippen LogP contribution < -0.4 is 4.74 Å². The molecule has 2 aromatic rings. The Balaban J connectivity index is 1.94. The monoisotopic (exact) mass is 326 g/mol. The zero-order valence-electron chi connectivity index (χ0n) is 14.0. The van der Waals surface area contributed by atoms with Gasteiger partial charge in [0.05, 0.1) is 0 Å². The van der Waals surface area contributed by atoms with Gasteiger partial charge >= 0.3 is 5.97 Å². The number of carbonyl (C=O) groups excluding carboxylic acids is 1. The zero-order chi connectivity index (χ0) is 17.5. The molecule has 0 aliphatic rings. The lowest BCUT2D eigenvalue weighted by molar-refractivity contribution is -0.137. The average molecular weight is 326 g/mol. The Morgan fingerprint density at radius 3 is 2.33 bits per heavy atom. The van der Waals surface area contributed by atoms with Gasteiger partial charge in [-0.05, 0) is 49.6 Å². The predicted molar refractivity (Wildman–Crippen MR) is 92.5 cm³/mol. The summed E-state index contributed by atoms with van der Waals surface area (Å²) in [6.45, 7) is 4.42. The summed E-state index contributed by atoms with van der Waals surface area (Å²) in [5.74, 6) is -0.166. The van der Waals surface area contributed by atoms with Crippen LogP contribution in [-0.2, 0) is 11.4 Å². The molecule has 0 aliphatic heterocycles. The number of rotatable bonds is 8. The van der Waals surface area contributed by atoms with Gasteiger partial charge in [0.2, 0.25) is 0 Å². The molecular formula is C20H22O4. The Labute approximate surface area is 142 Å². The molecule has 0 spiro atoms. The molecule has 0 saturated carbocycles. The minimum atomic E-state index is -0.876. The van der Waals surface area contributed by atoms with Crippen molar-refractivity contribution in [2.75, 3.05) is 0 Å². The highest BCUT2D eigenvalue weighted by atomic mass is 16.5. The largest absolute Gasteiger partial charge is 0.489 e. The smallest absolute Gasteiger partial charge is 0.303 e. The van der Waals surface area contributed by atoms with Gasteiger partial charge in [-0.15, -0.1) is 0 Å². The van der Waals surface area contributed by atoms with Crippen LogP contribution in [0.2, 0.25) is 0 Å². The molecule has 0 bridgehead atoms. The quantitative estimate of drug-likeness (QED) is 0.734. The molecular weight excluding hydrogens is 304 g/mol. The Bertz CT molecular complexity index is 717. The van der Waals surface area contributed by atoms with Crippen LogP contribution in [0.1, 0.15) is 46.3 Å². The number of benzene rings is 2. The first-order valence-corrected chi connectivity index (χ1v) is 7.99. The summed E-state index contributed by atoms with van der Waals surface area (Å²) in [5, 5.41) is 8.62. The lowest BCUT2D eigenvalue weighted by Crippen LogP contribution is -2.03. The van der Waals surface area contributed by atoms with Gasteiger partial charge < -0.3 is 9.84 Å². The van der Waals surface area contributed by atoms with E-state index in [2.05, 4.69) is 0 Å². The van der Waals surface area contributed by atoms with Crippen molar-refractivity contribution in [3.8, 4) is 5.75 Å². The van der Waals surface area contributed by atoms with Crippen LogP contribution in [0.4, 0.5) is 0 Å². The van der Waals surface area contributed by atoms with Crippen molar-refractivity contribution in [3.05, 3.63) is 64.7 Å². The third-order valence-corrected chi connectivity index (χ3v) is 3.81. The Hall–Kier alpha value is -2.62. The predicted octanol–water partition coefficient (Wildman–Crippen LogP) is 4.32. The number of ether oxygens (including phenoxy) is 1. The van der Waals surface area contributed by atoms with Crippen molar-refractivity contribution in [1.82, 2.24) is 0 Å². The van der Waals surface area contributed by atoms with Crippen molar-refractivity contribution >= 4 is 11.8 Å². The van der Waals surface area contributed by atoms with E-state index in [-0.39, 0.29) is 18.6 Å². The van der Waals surface area contributed by atoms with Crippen LogP contribution in [0.5, 0.6) is 5.75 Å². The van der Waals surface area contributed by atoms with E-state index >= 15 is 0 Å². The van der Waals surface area contributed by atoms with Crippen molar-refractivity contribution < 1.29 is 19.4 Å². The van der Waals surface area contributed by atoms with Crippen molar-refractivity contribution in [2.45, 2.75) is 39.7 Å². The van der Waals surface area contributed by atoms with Crippen LogP contribution in [0.3, 0.4) is 0 Å². The number of aryl methyl sites for hydroxylation is 2. The van der Waals surface area contributed by atoms with E-state index in [0.29, 0.717) is 18.6 Å². The molecule has 0 amide bonds. The maximum Gasteiger partial charge on any atom is 0.303 e. The fourth-order valence-electron chi connectivity index (χ4n) is 2.37. The summed E-state index contributed by atoms with van der Waals surface area (Å²) in [7, 11) is 0. The Morgan fingerprint density at radius 1 is 1.00 bits per heavy atom. The number of carbonyl (C=O) groups is 2. The highest BCUT2D eigenvalue weighted by Gasteiger charge is 2.09. The average Bonchev–Trinajstić information content (AvgIpc) is 2.54. The van der Waals surface area contributed by atoms with E-state index < -0.39 is 5.97 Å². The van der Waals surface area contributed by atoms with Crippen molar-refractivity contribution in [1.29, 1.82) is 0 Å². The first-order chi connectivity index (χ1) is 11.5. The highest BCUT2D eigenvalue weighted by molar-refractivity contribution is 5.96. The van der Waals surface area contributed by atoms with E-state index in [4.69, 9.17) is 9.84 Å². The standard InChI is InChI=1S/C20H22O4/c1-14-6-8-16(9-7-14)13-24-19-11-10-17(12-15(19)2)18(21)4-3-5-20(22)23/h6-12H,3-5,13H2,1-2H3,(H,22,23). The van der Waals surface area contributed by atoms with Crippen LogP contribution in [0.15, 0.2) is 42.5 Å². The second kappa shape index (κ2) is 8.29. The minimum absolute atomic E-state index is 0.0163. The molecule has 4 heteroatoms. The lowest BCUT2D eigenvalue weighted by atomic mass is 10.0. The van der Waals surface area contributed by atoms with Gasteiger partial charge in [-0.25, -0.2) is 0 Å². The van der Waals surface area contributed by atoms with Gasteiger partial charge in [0.25, 0.3) is 0 Å². The molecule has 0 saturated heterocycles. The molecule has 0 aromatic heterocycles. The molecule has 2 aromatic carbocycles. The SMILES string of the molecule is Cc1ccc(COc2ccc(C(=O)CCCC(=O)O)cc2C)cc1. The normalized spacial score (nSPS) is 10.4. The van der Waals surface area contributed by atoms with E-state index in [1.165, 1.54) is 5.56 Å². The fraction of sp³-hybridized carbons (Fsp3) is 0.300. The van der Waals surface area contributed by atoms with Crippen molar-refractivity contribution in [2.24, 2.45) is 0 Å². The van der Waals surface area contributed by atoms with E-state index in [0.717, 1.165) is 16.9 Å². The van der Waals surface area contributed by atoms with Gasteiger partial charge in [0.1, 0.15) is 12.4 Å². The molecule has 0 unspecified atom stereocenters. The third kappa shape index (κ3) is 5.23. The summed E-state index contributed by atoms with van der Waals surface area (Å²) in [6.07, 6.45) is 0.622. The van der Waals surface area contributed by atoms with Gasteiger partial charge in [-0.1, -0.05) is 29.8 Å². The minimum Gasteiger partial charge on any atom is -0.489 e. The summed E-state index contributed by atoms with van der Waals surface area (Å²) in [5.41, 5.74) is 3.79. The number of carboxylic acids is 1. The van der Waals surface area contributed by atoms with Crippen LogP contribution in [-0.4, -0.2) is 16.9 Å². The zero-order valence-corrected chi connectivity index (χ0v) is 14.0. The van der Waals surface area contributed by atoms with E-state index in [1.54, 1.807) is 18.2 Å². The molecule has 0 radical (unpaired) electrons. The summed E-state index contributed by atoms with van der Waals surface area (Å²) < 4.78 is 5.82. The third-order valence-electron chi connectivity index (χ3n) is 3.81. The number of hydrogen-bond acceptors (Lipinski definition) is 3. The fourth-order valence-corrected chi connectivity index (χ4v) is 2.37. The molecule has 4 nitrogen and oxygen atoms in total. The van der Waals surface area contributed by atoms with Gasteiger partial charge in [0.15, 0.2) is 5.78 Å².